The summed E-state index contributed by atoms with van der Waals surface area (Å²) in [6, 6.07) is 18.3. The van der Waals surface area contributed by atoms with E-state index in [0.717, 1.165) is 65.3 Å². The molecule has 10 nitrogen and oxygen atoms in total. The predicted octanol–water partition coefficient (Wildman–Crippen LogP) is 5.38. The van der Waals surface area contributed by atoms with Gasteiger partial charge in [-0.15, -0.1) is 0 Å². The number of nitrogens with one attached hydrogen (secondary N) is 3. The largest absolute Gasteiger partial charge is 0.478 e. The highest BCUT2D eigenvalue weighted by molar-refractivity contribution is 6.01. The number of carboxylic acid groups (broad SMARTS) is 2. The molecule has 0 saturated heterocycles. The van der Waals surface area contributed by atoms with Crippen molar-refractivity contribution in [2.24, 2.45) is 35.0 Å². The molecule has 3 amide bonds. The lowest BCUT2D eigenvalue weighted by atomic mass is 9.49. The topological polar surface area (TPSA) is 162 Å². The van der Waals surface area contributed by atoms with Crippen molar-refractivity contribution >= 4 is 35.3 Å². The first-order chi connectivity index (χ1) is 24.0. The van der Waals surface area contributed by atoms with E-state index in [1.165, 1.54) is 38.3 Å². The van der Waals surface area contributed by atoms with Gasteiger partial charge >= 0.3 is 11.9 Å². The van der Waals surface area contributed by atoms with Crippen molar-refractivity contribution in [2.45, 2.75) is 63.3 Å². The molecule has 50 heavy (non-hydrogen) atoms. The molecule has 3 aromatic carbocycles. The molecule has 3 aromatic rings. The second-order valence-corrected chi connectivity index (χ2v) is 15.5. The Morgan fingerprint density at radius 3 is 1.58 bits per heavy atom. The van der Waals surface area contributed by atoms with Crippen LogP contribution in [0.5, 0.6) is 0 Å². The summed E-state index contributed by atoms with van der Waals surface area (Å²) < 4.78 is 0. The predicted molar refractivity (Wildman–Crippen MR) is 184 cm³/mol. The van der Waals surface area contributed by atoms with Crippen molar-refractivity contribution in [3.8, 4) is 0 Å². The number of carbonyl (C=O) groups is 5. The molecule has 0 spiro atoms. The monoisotopic (exact) mass is 675 g/mol. The van der Waals surface area contributed by atoms with E-state index in [1.807, 2.05) is 36.4 Å². The lowest BCUT2D eigenvalue weighted by molar-refractivity contribution is -0.139. The summed E-state index contributed by atoms with van der Waals surface area (Å²) in [4.78, 5) is 65.6. The second kappa shape index (κ2) is 12.1. The fraction of sp³-hybridized carbons (Fsp3) is 0.425. The maximum atomic E-state index is 14.6. The van der Waals surface area contributed by atoms with Crippen molar-refractivity contribution in [3.63, 3.8) is 0 Å². The minimum absolute atomic E-state index is 0.0186. The van der Waals surface area contributed by atoms with Gasteiger partial charge in [0.2, 0.25) is 17.7 Å². The fourth-order valence-electron chi connectivity index (χ4n) is 10.8. The summed E-state index contributed by atoms with van der Waals surface area (Å²) in [5, 5.41) is 27.7. The van der Waals surface area contributed by atoms with Crippen LogP contribution in [-0.2, 0) is 14.4 Å². The molecule has 7 aliphatic rings. The van der Waals surface area contributed by atoms with Gasteiger partial charge in [0.05, 0.1) is 23.0 Å². The number of rotatable bonds is 9. The molecule has 10 heteroatoms. The molecular weight excluding hydrogens is 634 g/mol. The molecule has 2 unspecified atom stereocenters. The highest BCUT2D eigenvalue weighted by Crippen LogP contribution is 2.61. The zero-order chi connectivity index (χ0) is 34.9. The molecule has 4 fully saturated rings. The van der Waals surface area contributed by atoms with Crippen LogP contribution in [0.15, 0.2) is 66.7 Å². The van der Waals surface area contributed by atoms with Crippen molar-refractivity contribution in [1.82, 2.24) is 10.6 Å². The second-order valence-electron chi connectivity index (χ2n) is 15.5. The van der Waals surface area contributed by atoms with Gasteiger partial charge < -0.3 is 26.2 Å². The standard InChI is InChI=1S/C40H41N3O7/c1-20(35(44)43-26-14-24(38(47)48)13-25(15-26)39(49)50)42-37(46)34-32-29-8-4-2-6-27(29)31(28-7-3-5-9-30(28)32)33(34)36(45)41-19-40-16-21-10-22(17-40)12-23(11-21)18-40/h2-9,13-15,20-23,31-34H,10-12,16-19H2,1H3,(H,41,45)(H,42,46)(H,43,44)(H,47,48)(H,49,50)/t20-,21?,22?,23?,31?,32?,33?,34?,40?/m1/s1. The molecular formula is C40H41N3O7. The normalized spacial score (nSPS) is 30.1. The van der Waals surface area contributed by atoms with Gasteiger partial charge in [0, 0.05) is 24.1 Å². The Kier molecular flexibility index (Phi) is 7.80. The minimum Gasteiger partial charge on any atom is -0.478 e. The van der Waals surface area contributed by atoms with Gasteiger partial charge in [-0.3, -0.25) is 14.4 Å². The smallest absolute Gasteiger partial charge is 0.335 e. The Balaban J connectivity index is 1.08. The molecule has 5 N–H and O–H groups in total. The van der Waals surface area contributed by atoms with Gasteiger partial charge in [-0.05, 0) is 109 Å². The van der Waals surface area contributed by atoms with E-state index >= 15 is 0 Å². The molecule has 258 valence electrons. The average molecular weight is 676 g/mol. The number of anilines is 1. The highest BCUT2D eigenvalue weighted by Gasteiger charge is 2.56. The third-order valence-electron chi connectivity index (χ3n) is 12.3. The van der Waals surface area contributed by atoms with Crippen LogP contribution < -0.4 is 16.0 Å². The quantitative estimate of drug-likeness (QED) is 0.203. The Labute approximate surface area is 290 Å². The van der Waals surface area contributed by atoms with Gasteiger partial charge in [0.25, 0.3) is 0 Å². The maximum absolute atomic E-state index is 14.6. The van der Waals surface area contributed by atoms with E-state index in [-0.39, 0.29) is 34.1 Å². The number of hydrogen-bond acceptors (Lipinski definition) is 5. The van der Waals surface area contributed by atoms with E-state index in [4.69, 9.17) is 0 Å². The number of hydrogen-bond donors (Lipinski definition) is 5. The van der Waals surface area contributed by atoms with E-state index in [1.54, 1.807) is 0 Å². The Morgan fingerprint density at radius 2 is 1.14 bits per heavy atom. The molecule has 0 heterocycles. The van der Waals surface area contributed by atoms with Gasteiger partial charge in [-0.2, -0.15) is 0 Å². The lowest BCUT2D eigenvalue weighted by Crippen LogP contribution is -2.56. The number of carbonyl (C=O) groups excluding carboxylic acids is 3. The fourth-order valence-corrected chi connectivity index (χ4v) is 10.8. The summed E-state index contributed by atoms with van der Waals surface area (Å²) in [5.41, 5.74) is 3.62. The van der Waals surface area contributed by atoms with Crippen LogP contribution in [-0.4, -0.2) is 52.5 Å². The zero-order valence-electron chi connectivity index (χ0n) is 27.9. The van der Waals surface area contributed by atoms with Gasteiger partial charge in [-0.1, -0.05) is 48.5 Å². The number of fused-ring (bicyclic) bond motifs is 1. The number of aromatic carboxylic acids is 2. The summed E-state index contributed by atoms with van der Waals surface area (Å²) in [6.45, 7) is 2.13. The van der Waals surface area contributed by atoms with Gasteiger partial charge in [0.15, 0.2) is 0 Å². The first-order valence-corrected chi connectivity index (χ1v) is 17.7. The molecule has 0 radical (unpaired) electrons. The van der Waals surface area contributed by atoms with E-state index in [9.17, 15) is 34.2 Å². The first kappa shape index (κ1) is 32.2. The third kappa shape index (κ3) is 5.45. The van der Waals surface area contributed by atoms with Crippen LogP contribution >= 0.6 is 0 Å². The van der Waals surface area contributed by atoms with Crippen molar-refractivity contribution < 1.29 is 34.2 Å². The Morgan fingerprint density at radius 1 is 0.700 bits per heavy atom. The minimum atomic E-state index is -1.34. The van der Waals surface area contributed by atoms with Crippen LogP contribution in [0.2, 0.25) is 0 Å². The van der Waals surface area contributed by atoms with Gasteiger partial charge in [0.1, 0.15) is 6.04 Å². The summed E-state index contributed by atoms with van der Waals surface area (Å²) >= 11 is 0. The van der Waals surface area contributed by atoms with Gasteiger partial charge in [-0.25, -0.2) is 9.59 Å². The number of amides is 3. The van der Waals surface area contributed by atoms with Crippen LogP contribution in [0.4, 0.5) is 5.69 Å². The first-order valence-electron chi connectivity index (χ1n) is 17.7. The molecule has 7 aliphatic carbocycles. The Bertz CT molecular complexity index is 1820. The average Bonchev–Trinajstić information content (AvgIpc) is 3.09. The maximum Gasteiger partial charge on any atom is 0.335 e. The molecule has 6 bridgehead atoms. The van der Waals surface area contributed by atoms with E-state index in [0.29, 0.717) is 6.54 Å². The molecule has 10 rings (SSSR count). The van der Waals surface area contributed by atoms with Crippen LogP contribution in [0.3, 0.4) is 0 Å². The summed E-state index contributed by atoms with van der Waals surface area (Å²) in [6.07, 6.45) is 7.40. The van der Waals surface area contributed by atoms with Crippen LogP contribution in [0, 0.1) is 35.0 Å². The number of carboxylic acids is 2. The van der Waals surface area contributed by atoms with Crippen LogP contribution in [0.1, 0.15) is 100 Å². The van der Waals surface area contributed by atoms with Crippen molar-refractivity contribution in [2.75, 3.05) is 11.9 Å². The SMILES string of the molecule is C[C@@H](NC(=O)C1C2c3ccccc3C(c3ccccc32)C1C(=O)NCC12CC3CC(CC(C3)C1)C2)C(=O)Nc1cc(C(=O)O)cc(C(=O)O)c1. The molecule has 4 saturated carbocycles. The van der Waals surface area contributed by atoms with E-state index in [2.05, 4.69) is 28.1 Å². The summed E-state index contributed by atoms with van der Waals surface area (Å²) in [5.74, 6) is -3.87. The van der Waals surface area contributed by atoms with Crippen molar-refractivity contribution in [3.05, 3.63) is 100 Å². The van der Waals surface area contributed by atoms with E-state index < -0.39 is 47.5 Å². The zero-order valence-corrected chi connectivity index (χ0v) is 27.9. The van der Waals surface area contributed by atoms with Crippen LogP contribution in [0.25, 0.3) is 0 Å². The number of benzene rings is 3. The molecule has 3 atom stereocenters. The third-order valence-corrected chi connectivity index (χ3v) is 12.3. The Hall–Kier alpha value is -4.99. The summed E-state index contributed by atoms with van der Waals surface area (Å²) in [7, 11) is 0. The molecule has 0 aliphatic heterocycles. The van der Waals surface area contributed by atoms with Crippen molar-refractivity contribution in [1.29, 1.82) is 0 Å². The highest BCUT2D eigenvalue weighted by atomic mass is 16.4. The lowest BCUT2D eigenvalue weighted by Gasteiger charge is -2.57. The molecule has 0 aromatic heterocycles.